The summed E-state index contributed by atoms with van der Waals surface area (Å²) in [5, 5.41) is 3.96. The second kappa shape index (κ2) is 9.88. The maximum absolute atomic E-state index is 12.3. The van der Waals surface area contributed by atoms with Gasteiger partial charge in [0, 0.05) is 5.56 Å². The largest absolute Gasteiger partial charge is 0.497 e. The number of rotatable bonds is 7. The SMILES string of the molecule is COc1ccc(C(=O)NN=Cc2ccc(OC)c(OC(=O)c3ccccc3)c2)cc1. The quantitative estimate of drug-likeness (QED) is 0.281. The Balaban J connectivity index is 1.69. The molecule has 3 aromatic carbocycles. The molecule has 152 valence electrons. The van der Waals surface area contributed by atoms with Gasteiger partial charge < -0.3 is 14.2 Å². The number of carbonyl (C=O) groups excluding carboxylic acids is 2. The Morgan fingerprint density at radius 2 is 1.57 bits per heavy atom. The van der Waals surface area contributed by atoms with Gasteiger partial charge in [0.05, 0.1) is 26.0 Å². The number of nitrogens with one attached hydrogen (secondary N) is 1. The predicted molar refractivity (Wildman–Crippen MR) is 112 cm³/mol. The summed E-state index contributed by atoms with van der Waals surface area (Å²) in [6, 6.07) is 20.3. The minimum absolute atomic E-state index is 0.247. The van der Waals surface area contributed by atoms with Crippen molar-refractivity contribution in [3.05, 3.63) is 89.5 Å². The Morgan fingerprint density at radius 3 is 2.23 bits per heavy atom. The highest BCUT2D eigenvalue weighted by Gasteiger charge is 2.12. The van der Waals surface area contributed by atoms with Gasteiger partial charge in [0.2, 0.25) is 0 Å². The molecule has 0 radical (unpaired) electrons. The first-order chi connectivity index (χ1) is 14.6. The third-order valence-corrected chi connectivity index (χ3v) is 4.13. The zero-order chi connectivity index (χ0) is 21.3. The number of hydrazone groups is 1. The summed E-state index contributed by atoms with van der Waals surface area (Å²) < 4.78 is 15.8. The molecule has 0 saturated heterocycles. The van der Waals surface area contributed by atoms with E-state index in [2.05, 4.69) is 10.5 Å². The fraction of sp³-hybridized carbons (Fsp3) is 0.0870. The van der Waals surface area contributed by atoms with E-state index in [1.165, 1.54) is 13.3 Å². The molecule has 3 aromatic rings. The van der Waals surface area contributed by atoms with Crippen LogP contribution >= 0.6 is 0 Å². The minimum atomic E-state index is -0.504. The number of benzene rings is 3. The number of ether oxygens (including phenoxy) is 3. The average Bonchev–Trinajstić information content (AvgIpc) is 2.80. The standard InChI is InChI=1S/C23H20N2O5/c1-28-19-11-9-17(10-12-19)22(26)25-24-15-16-8-13-20(29-2)21(14-16)30-23(27)18-6-4-3-5-7-18/h3-15H,1-2H3,(H,25,26). The molecule has 0 aliphatic heterocycles. The lowest BCUT2D eigenvalue weighted by molar-refractivity contribution is 0.0729. The summed E-state index contributed by atoms with van der Waals surface area (Å²) in [5.74, 6) is 0.440. The predicted octanol–water partition coefficient (Wildman–Crippen LogP) is 3.69. The molecule has 0 aliphatic carbocycles. The van der Waals surface area contributed by atoms with E-state index in [-0.39, 0.29) is 11.7 Å². The molecule has 7 heteroatoms. The number of hydrogen-bond acceptors (Lipinski definition) is 6. The van der Waals surface area contributed by atoms with Crippen molar-refractivity contribution in [2.75, 3.05) is 14.2 Å². The fourth-order valence-electron chi connectivity index (χ4n) is 2.56. The van der Waals surface area contributed by atoms with E-state index in [1.54, 1.807) is 73.8 Å². The Kier molecular flexibility index (Phi) is 6.78. The highest BCUT2D eigenvalue weighted by atomic mass is 16.6. The molecule has 30 heavy (non-hydrogen) atoms. The van der Waals surface area contributed by atoms with E-state index in [0.29, 0.717) is 28.2 Å². The lowest BCUT2D eigenvalue weighted by Crippen LogP contribution is -2.17. The summed E-state index contributed by atoms with van der Waals surface area (Å²) in [6.07, 6.45) is 1.45. The molecule has 0 fully saturated rings. The number of nitrogens with zero attached hydrogens (tertiary/aromatic N) is 1. The molecule has 0 bridgehead atoms. The van der Waals surface area contributed by atoms with Crippen LogP contribution in [0.3, 0.4) is 0 Å². The van der Waals surface area contributed by atoms with Crippen LogP contribution in [0.1, 0.15) is 26.3 Å². The molecule has 0 aliphatic rings. The van der Waals surface area contributed by atoms with Crippen LogP contribution in [-0.4, -0.2) is 32.3 Å². The highest BCUT2D eigenvalue weighted by Crippen LogP contribution is 2.28. The van der Waals surface area contributed by atoms with Gasteiger partial charge in [-0.1, -0.05) is 18.2 Å². The van der Waals surface area contributed by atoms with Crippen LogP contribution in [0.15, 0.2) is 77.9 Å². The van der Waals surface area contributed by atoms with Gasteiger partial charge in [0.1, 0.15) is 5.75 Å². The molecule has 0 saturated carbocycles. The second-order valence-corrected chi connectivity index (χ2v) is 6.09. The number of carbonyl (C=O) groups is 2. The van der Waals surface area contributed by atoms with Crippen LogP contribution in [0.5, 0.6) is 17.2 Å². The number of hydrogen-bond donors (Lipinski definition) is 1. The average molecular weight is 404 g/mol. The Bertz CT molecular complexity index is 1050. The van der Waals surface area contributed by atoms with E-state index in [1.807, 2.05) is 6.07 Å². The van der Waals surface area contributed by atoms with Crippen molar-refractivity contribution in [3.8, 4) is 17.2 Å². The third-order valence-electron chi connectivity index (χ3n) is 4.13. The molecule has 0 unspecified atom stereocenters. The first-order valence-electron chi connectivity index (χ1n) is 9.03. The van der Waals surface area contributed by atoms with Gasteiger partial charge in [-0.15, -0.1) is 0 Å². The van der Waals surface area contributed by atoms with Crippen molar-refractivity contribution in [2.45, 2.75) is 0 Å². The van der Waals surface area contributed by atoms with Crippen LogP contribution in [0.4, 0.5) is 0 Å². The maximum atomic E-state index is 12.3. The second-order valence-electron chi connectivity index (χ2n) is 6.09. The van der Waals surface area contributed by atoms with E-state index in [9.17, 15) is 9.59 Å². The van der Waals surface area contributed by atoms with Gasteiger partial charge in [0.25, 0.3) is 5.91 Å². The molecule has 0 heterocycles. The summed E-state index contributed by atoms with van der Waals surface area (Å²) in [5.41, 5.74) is 3.93. The van der Waals surface area contributed by atoms with Gasteiger partial charge in [0.15, 0.2) is 11.5 Å². The molecule has 7 nitrogen and oxygen atoms in total. The lowest BCUT2D eigenvalue weighted by Gasteiger charge is -2.10. The topological polar surface area (TPSA) is 86.2 Å². The van der Waals surface area contributed by atoms with Crippen LogP contribution in [0.25, 0.3) is 0 Å². The highest BCUT2D eigenvalue weighted by molar-refractivity contribution is 5.95. The summed E-state index contributed by atoms with van der Waals surface area (Å²) >= 11 is 0. The molecular weight excluding hydrogens is 384 g/mol. The third kappa shape index (κ3) is 5.23. The first kappa shape index (κ1) is 20.6. The summed E-state index contributed by atoms with van der Waals surface area (Å²) in [4.78, 5) is 24.5. The number of methoxy groups -OCH3 is 2. The van der Waals surface area contributed by atoms with E-state index in [0.717, 1.165) is 0 Å². The van der Waals surface area contributed by atoms with Crippen LogP contribution in [0, 0.1) is 0 Å². The molecule has 0 spiro atoms. The van der Waals surface area contributed by atoms with Crippen LogP contribution in [0.2, 0.25) is 0 Å². The van der Waals surface area contributed by atoms with Gasteiger partial charge in [-0.3, -0.25) is 4.79 Å². The zero-order valence-corrected chi connectivity index (χ0v) is 16.5. The molecular formula is C23H20N2O5. The fourth-order valence-corrected chi connectivity index (χ4v) is 2.56. The van der Waals surface area contributed by atoms with Gasteiger partial charge in [-0.25, -0.2) is 10.2 Å². The van der Waals surface area contributed by atoms with Crippen molar-refractivity contribution in [3.63, 3.8) is 0 Å². The minimum Gasteiger partial charge on any atom is -0.497 e. The van der Waals surface area contributed by atoms with E-state index in [4.69, 9.17) is 14.2 Å². The Hall–Kier alpha value is -4.13. The Morgan fingerprint density at radius 1 is 0.833 bits per heavy atom. The normalized spacial score (nSPS) is 10.5. The molecule has 0 aromatic heterocycles. The summed E-state index contributed by atoms with van der Waals surface area (Å²) in [7, 11) is 3.04. The van der Waals surface area contributed by atoms with E-state index < -0.39 is 5.97 Å². The van der Waals surface area contributed by atoms with Crippen molar-refractivity contribution in [2.24, 2.45) is 5.10 Å². The van der Waals surface area contributed by atoms with Crippen molar-refractivity contribution in [1.29, 1.82) is 0 Å². The monoisotopic (exact) mass is 404 g/mol. The molecule has 0 atom stereocenters. The van der Waals surface area contributed by atoms with Gasteiger partial charge in [-0.2, -0.15) is 5.10 Å². The van der Waals surface area contributed by atoms with Gasteiger partial charge in [-0.05, 0) is 60.2 Å². The molecule has 3 rings (SSSR count). The smallest absolute Gasteiger partial charge is 0.343 e. The maximum Gasteiger partial charge on any atom is 0.343 e. The van der Waals surface area contributed by atoms with Crippen molar-refractivity contribution < 1.29 is 23.8 Å². The van der Waals surface area contributed by atoms with Crippen LogP contribution in [-0.2, 0) is 0 Å². The van der Waals surface area contributed by atoms with Crippen molar-refractivity contribution in [1.82, 2.24) is 5.43 Å². The van der Waals surface area contributed by atoms with Crippen LogP contribution < -0.4 is 19.6 Å². The Labute approximate surface area is 173 Å². The zero-order valence-electron chi connectivity index (χ0n) is 16.5. The first-order valence-corrected chi connectivity index (χ1v) is 9.03. The van der Waals surface area contributed by atoms with Gasteiger partial charge >= 0.3 is 5.97 Å². The molecule has 1 N–H and O–H groups in total. The lowest BCUT2D eigenvalue weighted by atomic mass is 10.2. The molecule has 1 amide bonds. The van der Waals surface area contributed by atoms with E-state index >= 15 is 0 Å². The number of esters is 1. The summed E-state index contributed by atoms with van der Waals surface area (Å²) in [6.45, 7) is 0. The number of amides is 1. The van der Waals surface area contributed by atoms with Crippen molar-refractivity contribution >= 4 is 18.1 Å².